The molecule has 0 aliphatic rings. The zero-order chi connectivity index (χ0) is 17.0. The van der Waals surface area contributed by atoms with Crippen molar-refractivity contribution in [1.29, 1.82) is 0 Å². The van der Waals surface area contributed by atoms with Crippen LogP contribution in [-0.4, -0.2) is 20.2 Å². The molecule has 4 nitrogen and oxygen atoms in total. The standard InChI is InChI=1S/C17H16Cl2O4/c1-10-12(17(20)22-3)15(21-2)14(19)16(13(10)18)23-9-11-7-5-4-6-8-11/h4-8H,9H2,1-3H3. The molecule has 0 bridgehead atoms. The second-order valence-electron chi connectivity index (χ2n) is 4.76. The highest BCUT2D eigenvalue weighted by molar-refractivity contribution is 6.39. The topological polar surface area (TPSA) is 44.8 Å². The molecule has 122 valence electrons. The summed E-state index contributed by atoms with van der Waals surface area (Å²) in [5.41, 5.74) is 1.65. The van der Waals surface area contributed by atoms with Crippen LogP contribution >= 0.6 is 23.2 Å². The third-order valence-electron chi connectivity index (χ3n) is 3.35. The van der Waals surface area contributed by atoms with Crippen LogP contribution in [-0.2, 0) is 11.3 Å². The lowest BCUT2D eigenvalue weighted by Gasteiger charge is -2.18. The fourth-order valence-electron chi connectivity index (χ4n) is 2.16. The molecule has 2 rings (SSSR count). The molecule has 0 saturated heterocycles. The fourth-order valence-corrected chi connectivity index (χ4v) is 2.77. The maximum atomic E-state index is 11.9. The van der Waals surface area contributed by atoms with Crippen molar-refractivity contribution >= 4 is 29.2 Å². The van der Waals surface area contributed by atoms with Crippen molar-refractivity contribution in [2.75, 3.05) is 14.2 Å². The number of benzene rings is 2. The molecule has 0 saturated carbocycles. The van der Waals surface area contributed by atoms with E-state index in [1.54, 1.807) is 6.92 Å². The summed E-state index contributed by atoms with van der Waals surface area (Å²) in [5.74, 6) is -0.111. The van der Waals surface area contributed by atoms with Gasteiger partial charge in [-0.15, -0.1) is 0 Å². The molecule has 23 heavy (non-hydrogen) atoms. The minimum atomic E-state index is -0.572. The van der Waals surface area contributed by atoms with Gasteiger partial charge in [0.2, 0.25) is 0 Å². The lowest BCUT2D eigenvalue weighted by atomic mass is 10.1. The number of ether oxygens (including phenoxy) is 3. The van der Waals surface area contributed by atoms with E-state index in [1.165, 1.54) is 14.2 Å². The molecule has 0 fully saturated rings. The molecular weight excluding hydrogens is 339 g/mol. The summed E-state index contributed by atoms with van der Waals surface area (Å²) >= 11 is 12.6. The Kier molecular flexibility index (Phi) is 5.74. The quantitative estimate of drug-likeness (QED) is 0.731. The highest BCUT2D eigenvalue weighted by Crippen LogP contribution is 2.45. The molecule has 0 N–H and O–H groups in total. The molecule has 0 aliphatic carbocycles. The molecule has 0 spiro atoms. The number of carbonyl (C=O) groups excluding carboxylic acids is 1. The van der Waals surface area contributed by atoms with Gasteiger partial charge in [-0.1, -0.05) is 53.5 Å². The van der Waals surface area contributed by atoms with Crippen LogP contribution < -0.4 is 9.47 Å². The number of methoxy groups -OCH3 is 2. The van der Waals surface area contributed by atoms with Gasteiger partial charge < -0.3 is 14.2 Å². The zero-order valence-corrected chi connectivity index (χ0v) is 14.5. The number of esters is 1. The molecule has 0 atom stereocenters. The predicted molar refractivity (Wildman–Crippen MR) is 89.9 cm³/mol. The average molecular weight is 355 g/mol. The van der Waals surface area contributed by atoms with Gasteiger partial charge in [-0.2, -0.15) is 0 Å². The van der Waals surface area contributed by atoms with Crippen molar-refractivity contribution in [3.05, 3.63) is 57.1 Å². The summed E-state index contributed by atoms with van der Waals surface area (Å²) in [5, 5.41) is 0.395. The van der Waals surface area contributed by atoms with E-state index in [-0.39, 0.29) is 27.1 Å². The number of rotatable bonds is 5. The molecule has 0 heterocycles. The molecule has 0 aromatic heterocycles. The number of hydrogen-bond donors (Lipinski definition) is 0. The Morgan fingerprint density at radius 2 is 1.70 bits per heavy atom. The van der Waals surface area contributed by atoms with Crippen LogP contribution in [0.5, 0.6) is 11.5 Å². The Morgan fingerprint density at radius 1 is 1.04 bits per heavy atom. The van der Waals surface area contributed by atoms with E-state index in [9.17, 15) is 4.79 Å². The van der Waals surface area contributed by atoms with E-state index < -0.39 is 5.97 Å². The van der Waals surface area contributed by atoms with Gasteiger partial charge >= 0.3 is 5.97 Å². The second-order valence-corrected chi connectivity index (χ2v) is 5.51. The molecule has 2 aromatic rings. The van der Waals surface area contributed by atoms with E-state index in [0.29, 0.717) is 12.2 Å². The smallest absolute Gasteiger partial charge is 0.342 e. The van der Waals surface area contributed by atoms with Gasteiger partial charge in [-0.25, -0.2) is 4.79 Å². The van der Waals surface area contributed by atoms with Crippen molar-refractivity contribution in [3.8, 4) is 11.5 Å². The first-order valence-corrected chi connectivity index (χ1v) is 7.57. The number of hydrogen-bond acceptors (Lipinski definition) is 4. The van der Waals surface area contributed by atoms with Crippen LogP contribution in [0.1, 0.15) is 21.5 Å². The van der Waals surface area contributed by atoms with Crippen LogP contribution in [0.3, 0.4) is 0 Å². The monoisotopic (exact) mass is 354 g/mol. The summed E-state index contributed by atoms with van der Waals surface area (Å²) < 4.78 is 15.8. The van der Waals surface area contributed by atoms with E-state index in [0.717, 1.165) is 5.56 Å². The summed E-state index contributed by atoms with van der Waals surface area (Å²) in [7, 11) is 2.70. The minimum absolute atomic E-state index is 0.138. The van der Waals surface area contributed by atoms with Gasteiger partial charge in [0.05, 0.1) is 19.2 Å². The molecule has 0 unspecified atom stereocenters. The van der Waals surface area contributed by atoms with Crippen molar-refractivity contribution in [1.82, 2.24) is 0 Å². The van der Waals surface area contributed by atoms with E-state index in [4.69, 9.17) is 37.4 Å². The van der Waals surface area contributed by atoms with Crippen LogP contribution in [0.25, 0.3) is 0 Å². The van der Waals surface area contributed by atoms with Crippen molar-refractivity contribution < 1.29 is 19.0 Å². The third-order valence-corrected chi connectivity index (χ3v) is 4.15. The highest BCUT2D eigenvalue weighted by atomic mass is 35.5. The normalized spacial score (nSPS) is 10.3. The maximum Gasteiger partial charge on any atom is 0.342 e. The molecule has 0 aliphatic heterocycles. The summed E-state index contributed by atoms with van der Waals surface area (Å²) in [6.45, 7) is 1.98. The summed E-state index contributed by atoms with van der Waals surface area (Å²) in [6, 6.07) is 9.59. The SMILES string of the molecule is COC(=O)c1c(C)c(Cl)c(OCc2ccccc2)c(Cl)c1OC. The van der Waals surface area contributed by atoms with Crippen molar-refractivity contribution in [3.63, 3.8) is 0 Å². The zero-order valence-electron chi connectivity index (χ0n) is 13.0. The second kappa shape index (κ2) is 7.57. The van der Waals surface area contributed by atoms with Gasteiger partial charge in [0.25, 0.3) is 0 Å². The predicted octanol–water partition coefficient (Wildman–Crippen LogP) is 4.68. The van der Waals surface area contributed by atoms with Crippen LogP contribution in [0, 0.1) is 6.92 Å². The minimum Gasteiger partial charge on any atom is -0.494 e. The third kappa shape index (κ3) is 3.54. The number of carbonyl (C=O) groups is 1. The number of halogens is 2. The van der Waals surface area contributed by atoms with Crippen LogP contribution in [0.2, 0.25) is 10.0 Å². The lowest BCUT2D eigenvalue weighted by Crippen LogP contribution is -2.09. The maximum absolute atomic E-state index is 11.9. The van der Waals surface area contributed by atoms with Gasteiger partial charge in [0.1, 0.15) is 17.2 Å². The molecule has 0 radical (unpaired) electrons. The fraction of sp³-hybridized carbons (Fsp3) is 0.235. The first-order valence-electron chi connectivity index (χ1n) is 6.81. The van der Waals surface area contributed by atoms with Gasteiger partial charge in [0.15, 0.2) is 11.5 Å². The van der Waals surface area contributed by atoms with Gasteiger partial charge in [-0.05, 0) is 18.1 Å². The van der Waals surface area contributed by atoms with Crippen LogP contribution in [0.15, 0.2) is 30.3 Å². The summed E-state index contributed by atoms with van der Waals surface area (Å²) in [4.78, 5) is 11.9. The van der Waals surface area contributed by atoms with Crippen LogP contribution in [0.4, 0.5) is 0 Å². The Bertz CT molecular complexity index is 715. The Morgan fingerprint density at radius 3 is 2.26 bits per heavy atom. The van der Waals surface area contributed by atoms with E-state index >= 15 is 0 Å². The average Bonchev–Trinajstić information content (AvgIpc) is 2.58. The molecule has 0 amide bonds. The molecular formula is C17H16Cl2O4. The summed E-state index contributed by atoms with van der Waals surface area (Å²) in [6.07, 6.45) is 0. The first kappa shape index (κ1) is 17.4. The van der Waals surface area contributed by atoms with E-state index in [1.807, 2.05) is 30.3 Å². The van der Waals surface area contributed by atoms with E-state index in [2.05, 4.69) is 0 Å². The Labute approximate surface area is 144 Å². The van der Waals surface area contributed by atoms with Gasteiger partial charge in [0, 0.05) is 0 Å². The molecule has 2 aromatic carbocycles. The lowest BCUT2D eigenvalue weighted by molar-refractivity contribution is 0.0596. The highest BCUT2D eigenvalue weighted by Gasteiger charge is 2.26. The Balaban J connectivity index is 2.44. The molecule has 6 heteroatoms. The first-order chi connectivity index (χ1) is 11.0. The van der Waals surface area contributed by atoms with Crippen molar-refractivity contribution in [2.45, 2.75) is 13.5 Å². The largest absolute Gasteiger partial charge is 0.494 e. The van der Waals surface area contributed by atoms with Gasteiger partial charge in [-0.3, -0.25) is 0 Å². The Hall–Kier alpha value is -1.91. The van der Waals surface area contributed by atoms with Crippen molar-refractivity contribution in [2.24, 2.45) is 0 Å².